The molecule has 4 heterocycles. The summed E-state index contributed by atoms with van der Waals surface area (Å²) in [7, 11) is 0. The Morgan fingerprint density at radius 3 is 2.75 bits per heavy atom. The monoisotopic (exact) mass is 378 g/mol. The van der Waals surface area contributed by atoms with Crippen molar-refractivity contribution in [1.29, 1.82) is 0 Å². The number of nitrogens with zero attached hydrogens (tertiary/aromatic N) is 5. The molecule has 0 unspecified atom stereocenters. The van der Waals surface area contributed by atoms with Crippen LogP contribution in [0, 0.1) is 0 Å². The van der Waals surface area contributed by atoms with Crippen LogP contribution in [-0.4, -0.2) is 50.2 Å². The van der Waals surface area contributed by atoms with Gasteiger partial charge in [-0.1, -0.05) is 18.2 Å². The molecule has 8 nitrogen and oxygen atoms in total. The van der Waals surface area contributed by atoms with Gasteiger partial charge in [-0.15, -0.1) is 10.2 Å². The van der Waals surface area contributed by atoms with Crippen LogP contribution in [0.5, 0.6) is 0 Å². The zero-order chi connectivity index (χ0) is 18.9. The van der Waals surface area contributed by atoms with Crippen LogP contribution in [0.4, 0.5) is 0 Å². The molecule has 1 aromatic carbocycles. The summed E-state index contributed by atoms with van der Waals surface area (Å²) in [5, 5.41) is 12.1. The van der Waals surface area contributed by atoms with E-state index in [4.69, 9.17) is 4.42 Å². The smallest absolute Gasteiger partial charge is 0.275 e. The van der Waals surface area contributed by atoms with Crippen molar-refractivity contribution in [2.45, 2.75) is 31.8 Å². The molecule has 5 rings (SSSR count). The lowest BCUT2D eigenvalue weighted by atomic mass is 9.95. The maximum absolute atomic E-state index is 12.8. The average molecular weight is 378 g/mol. The van der Waals surface area contributed by atoms with E-state index < -0.39 is 0 Å². The third-order valence-electron chi connectivity index (χ3n) is 5.54. The van der Waals surface area contributed by atoms with Gasteiger partial charge in [0, 0.05) is 37.7 Å². The van der Waals surface area contributed by atoms with Crippen molar-refractivity contribution in [1.82, 2.24) is 30.0 Å². The second kappa shape index (κ2) is 7.20. The van der Waals surface area contributed by atoms with E-state index in [9.17, 15) is 4.79 Å². The van der Waals surface area contributed by atoms with Crippen LogP contribution in [0.1, 0.15) is 40.9 Å². The Bertz CT molecular complexity index is 972. The van der Waals surface area contributed by atoms with E-state index in [1.807, 2.05) is 35.2 Å². The van der Waals surface area contributed by atoms with Gasteiger partial charge in [0.25, 0.3) is 5.91 Å². The van der Waals surface area contributed by atoms with Crippen LogP contribution in [0.25, 0.3) is 11.5 Å². The maximum atomic E-state index is 12.8. The molecule has 8 heteroatoms. The minimum absolute atomic E-state index is 0.0724. The van der Waals surface area contributed by atoms with Crippen molar-refractivity contribution in [3.05, 3.63) is 53.9 Å². The van der Waals surface area contributed by atoms with E-state index in [0.717, 1.165) is 49.7 Å². The number of likely N-dealkylation sites (tertiary alicyclic amines) is 1. The Kier molecular flexibility index (Phi) is 4.40. The van der Waals surface area contributed by atoms with Crippen LogP contribution >= 0.6 is 0 Å². The summed E-state index contributed by atoms with van der Waals surface area (Å²) in [4.78, 5) is 19.1. The van der Waals surface area contributed by atoms with E-state index in [0.29, 0.717) is 30.6 Å². The van der Waals surface area contributed by atoms with Gasteiger partial charge in [0.05, 0.1) is 6.54 Å². The number of oxazole rings is 1. The van der Waals surface area contributed by atoms with Gasteiger partial charge in [0.1, 0.15) is 17.9 Å². The lowest BCUT2D eigenvalue weighted by Crippen LogP contribution is -2.39. The van der Waals surface area contributed by atoms with Gasteiger partial charge in [0.2, 0.25) is 5.89 Å². The number of hydrogen-bond acceptors (Lipinski definition) is 6. The Balaban J connectivity index is 1.25. The normalized spacial score (nSPS) is 17.5. The van der Waals surface area contributed by atoms with E-state index in [2.05, 4.69) is 25.1 Å². The molecular formula is C20H22N6O2. The number of piperidine rings is 1. The van der Waals surface area contributed by atoms with Crippen molar-refractivity contribution in [2.75, 3.05) is 19.6 Å². The Labute approximate surface area is 162 Å². The molecule has 0 bridgehead atoms. The second-order valence-electron chi connectivity index (χ2n) is 7.27. The Hall–Kier alpha value is -3.00. The number of amides is 1. The standard InChI is InChI=1S/C20H22N6O2/c27-20(16-13-28-19(22-16)15-4-2-1-3-5-15)25-9-6-14(7-10-25)18-24-23-17-12-21-8-11-26(17)18/h1-5,13-14,21H,6-12H2. The minimum atomic E-state index is -0.0724. The van der Waals surface area contributed by atoms with Crippen LogP contribution in [-0.2, 0) is 13.1 Å². The minimum Gasteiger partial charge on any atom is -0.444 e. The molecule has 0 aliphatic carbocycles. The highest BCUT2D eigenvalue weighted by atomic mass is 16.3. The molecule has 0 saturated carbocycles. The molecule has 1 fully saturated rings. The number of carbonyl (C=O) groups is 1. The molecular weight excluding hydrogens is 356 g/mol. The summed E-state index contributed by atoms with van der Waals surface area (Å²) < 4.78 is 7.76. The van der Waals surface area contributed by atoms with Gasteiger partial charge in [-0.05, 0) is 25.0 Å². The predicted octanol–water partition coefficient (Wildman–Crippen LogP) is 2.06. The lowest BCUT2D eigenvalue weighted by Gasteiger charge is -2.31. The topological polar surface area (TPSA) is 89.1 Å². The number of aromatic nitrogens is 4. The van der Waals surface area contributed by atoms with Crippen molar-refractivity contribution in [3.8, 4) is 11.5 Å². The highest BCUT2D eigenvalue weighted by molar-refractivity contribution is 5.92. The summed E-state index contributed by atoms with van der Waals surface area (Å²) >= 11 is 0. The summed E-state index contributed by atoms with van der Waals surface area (Å²) in [6.45, 7) is 4.03. The first-order valence-electron chi connectivity index (χ1n) is 9.72. The summed E-state index contributed by atoms with van der Waals surface area (Å²) in [6, 6.07) is 9.61. The van der Waals surface area contributed by atoms with Crippen molar-refractivity contribution in [3.63, 3.8) is 0 Å². The van der Waals surface area contributed by atoms with Crippen molar-refractivity contribution >= 4 is 5.91 Å². The first-order valence-corrected chi connectivity index (χ1v) is 9.72. The molecule has 0 atom stereocenters. The molecule has 144 valence electrons. The van der Waals surface area contributed by atoms with E-state index in [1.165, 1.54) is 6.26 Å². The molecule has 1 amide bonds. The quantitative estimate of drug-likeness (QED) is 0.750. The number of carbonyl (C=O) groups excluding carboxylic acids is 1. The first-order chi connectivity index (χ1) is 13.8. The Morgan fingerprint density at radius 1 is 1.11 bits per heavy atom. The summed E-state index contributed by atoms with van der Waals surface area (Å²) in [5.41, 5.74) is 1.23. The average Bonchev–Trinajstić information content (AvgIpc) is 3.42. The van der Waals surface area contributed by atoms with Crippen LogP contribution < -0.4 is 5.32 Å². The molecule has 3 aromatic rings. The van der Waals surface area contributed by atoms with Crippen molar-refractivity contribution in [2.24, 2.45) is 0 Å². The zero-order valence-electron chi connectivity index (χ0n) is 15.5. The molecule has 2 aromatic heterocycles. The van der Waals surface area contributed by atoms with E-state index in [-0.39, 0.29) is 5.91 Å². The third-order valence-corrected chi connectivity index (χ3v) is 5.54. The van der Waals surface area contributed by atoms with E-state index >= 15 is 0 Å². The molecule has 1 N–H and O–H groups in total. The Morgan fingerprint density at radius 2 is 1.93 bits per heavy atom. The molecule has 28 heavy (non-hydrogen) atoms. The number of nitrogens with one attached hydrogen (secondary N) is 1. The van der Waals surface area contributed by atoms with Gasteiger partial charge >= 0.3 is 0 Å². The molecule has 2 aliphatic rings. The number of hydrogen-bond donors (Lipinski definition) is 1. The molecule has 2 aliphatic heterocycles. The van der Waals surface area contributed by atoms with E-state index in [1.54, 1.807) is 0 Å². The molecule has 1 saturated heterocycles. The van der Waals surface area contributed by atoms with Gasteiger partial charge in [0.15, 0.2) is 5.69 Å². The molecule has 0 spiro atoms. The largest absolute Gasteiger partial charge is 0.444 e. The van der Waals surface area contributed by atoms with Crippen molar-refractivity contribution < 1.29 is 9.21 Å². The number of fused-ring (bicyclic) bond motifs is 1. The van der Waals surface area contributed by atoms with Crippen LogP contribution in [0.15, 0.2) is 41.0 Å². The van der Waals surface area contributed by atoms with Gasteiger partial charge in [-0.2, -0.15) is 0 Å². The zero-order valence-corrected chi connectivity index (χ0v) is 15.5. The van der Waals surface area contributed by atoms with Gasteiger partial charge in [-0.25, -0.2) is 4.98 Å². The van der Waals surface area contributed by atoms with Crippen LogP contribution in [0.3, 0.4) is 0 Å². The van der Waals surface area contributed by atoms with Gasteiger partial charge < -0.3 is 19.2 Å². The second-order valence-corrected chi connectivity index (χ2v) is 7.27. The maximum Gasteiger partial charge on any atom is 0.275 e. The third kappa shape index (κ3) is 3.09. The summed E-state index contributed by atoms with van der Waals surface area (Å²) in [6.07, 6.45) is 3.24. The number of benzene rings is 1. The summed E-state index contributed by atoms with van der Waals surface area (Å²) in [5.74, 6) is 2.83. The van der Waals surface area contributed by atoms with Crippen LogP contribution in [0.2, 0.25) is 0 Å². The first kappa shape index (κ1) is 17.1. The van der Waals surface area contributed by atoms with Gasteiger partial charge in [-0.3, -0.25) is 4.79 Å². The highest BCUT2D eigenvalue weighted by Gasteiger charge is 2.30. The lowest BCUT2D eigenvalue weighted by molar-refractivity contribution is 0.0704. The fraction of sp³-hybridized carbons (Fsp3) is 0.400. The fourth-order valence-corrected chi connectivity index (χ4v) is 4.00. The fourth-order valence-electron chi connectivity index (χ4n) is 4.00. The number of rotatable bonds is 3. The highest BCUT2D eigenvalue weighted by Crippen LogP contribution is 2.29. The predicted molar refractivity (Wildman–Crippen MR) is 102 cm³/mol. The SMILES string of the molecule is O=C(c1coc(-c2ccccc2)n1)N1CCC(c2nnc3n2CCNC3)CC1. The molecule has 0 radical (unpaired) electrons.